The second-order valence-electron chi connectivity index (χ2n) is 7.39. The molecule has 2 aromatic carbocycles. The molecular formula is C26H21N5O. The van der Waals surface area contributed by atoms with Crippen LogP contribution < -0.4 is 5.32 Å². The highest BCUT2D eigenvalue weighted by Crippen LogP contribution is 2.26. The number of benzene rings is 2. The first-order valence-electron chi connectivity index (χ1n) is 10.5. The van der Waals surface area contributed by atoms with Gasteiger partial charge < -0.3 is 5.32 Å². The molecule has 6 nitrogen and oxygen atoms in total. The molecule has 0 unspecified atom stereocenters. The minimum absolute atomic E-state index is 0.230. The summed E-state index contributed by atoms with van der Waals surface area (Å²) in [7, 11) is 0. The Bertz CT molecular complexity index is 1350. The Labute approximate surface area is 185 Å². The van der Waals surface area contributed by atoms with E-state index in [2.05, 4.69) is 15.4 Å². The van der Waals surface area contributed by atoms with Crippen molar-refractivity contribution in [3.63, 3.8) is 0 Å². The number of amides is 1. The highest BCUT2D eigenvalue weighted by atomic mass is 16.1. The number of fused-ring (bicyclic) bond motifs is 1. The summed E-state index contributed by atoms with van der Waals surface area (Å²) in [6, 6.07) is 29.5. The number of nitrogens with zero attached hydrogens (tertiary/aromatic N) is 4. The lowest BCUT2D eigenvalue weighted by atomic mass is 10.1. The normalized spacial score (nSPS) is 10.9. The molecular weight excluding hydrogens is 398 g/mol. The molecule has 156 valence electrons. The van der Waals surface area contributed by atoms with Gasteiger partial charge in [0.1, 0.15) is 0 Å². The molecule has 0 fully saturated rings. The summed E-state index contributed by atoms with van der Waals surface area (Å²) >= 11 is 0. The van der Waals surface area contributed by atoms with Gasteiger partial charge in [-0.15, -0.1) is 0 Å². The van der Waals surface area contributed by atoms with Crippen LogP contribution in [0, 0.1) is 0 Å². The van der Waals surface area contributed by atoms with E-state index in [1.54, 1.807) is 16.8 Å². The van der Waals surface area contributed by atoms with Crippen molar-refractivity contribution < 1.29 is 4.79 Å². The van der Waals surface area contributed by atoms with Gasteiger partial charge in [-0.25, -0.2) is 9.50 Å². The van der Waals surface area contributed by atoms with Gasteiger partial charge in [0, 0.05) is 42.0 Å². The monoisotopic (exact) mass is 419 g/mol. The second kappa shape index (κ2) is 8.81. The number of carbonyl (C=O) groups is 1. The molecule has 0 spiro atoms. The van der Waals surface area contributed by atoms with Crippen LogP contribution in [0.15, 0.2) is 97.2 Å². The number of aromatic nitrogens is 4. The predicted molar refractivity (Wildman–Crippen MR) is 124 cm³/mol. The standard InChI is InChI=1S/C26H21N5O/c32-26(28-16-14-21-13-7-8-15-27-21)23-18-25-29-22(19-9-3-1-4-10-19)17-24(31(25)30-23)20-11-5-2-6-12-20/h1-13,15,17-18H,14,16H2,(H,28,32). The second-order valence-corrected chi connectivity index (χ2v) is 7.39. The van der Waals surface area contributed by atoms with E-state index in [9.17, 15) is 4.79 Å². The Balaban J connectivity index is 1.48. The summed E-state index contributed by atoms with van der Waals surface area (Å²) in [4.78, 5) is 21.8. The molecule has 0 aliphatic carbocycles. The molecule has 0 bridgehead atoms. The van der Waals surface area contributed by atoms with Crippen molar-refractivity contribution in [2.24, 2.45) is 0 Å². The number of hydrogen-bond acceptors (Lipinski definition) is 4. The summed E-state index contributed by atoms with van der Waals surface area (Å²) in [5, 5.41) is 7.51. The van der Waals surface area contributed by atoms with Gasteiger partial charge in [-0.2, -0.15) is 5.10 Å². The van der Waals surface area contributed by atoms with Crippen molar-refractivity contribution in [3.8, 4) is 22.5 Å². The van der Waals surface area contributed by atoms with Crippen molar-refractivity contribution in [1.82, 2.24) is 24.9 Å². The van der Waals surface area contributed by atoms with Crippen molar-refractivity contribution in [1.29, 1.82) is 0 Å². The average molecular weight is 419 g/mol. The molecule has 5 rings (SSSR count). The highest BCUT2D eigenvalue weighted by molar-refractivity contribution is 5.93. The van der Waals surface area contributed by atoms with Crippen LogP contribution in [0.4, 0.5) is 0 Å². The van der Waals surface area contributed by atoms with Crippen LogP contribution in [0.5, 0.6) is 0 Å². The molecule has 3 aromatic heterocycles. The number of rotatable bonds is 6. The summed E-state index contributed by atoms with van der Waals surface area (Å²) in [6.07, 6.45) is 2.41. The van der Waals surface area contributed by atoms with E-state index < -0.39 is 0 Å². The third-order valence-electron chi connectivity index (χ3n) is 5.19. The van der Waals surface area contributed by atoms with E-state index in [0.29, 0.717) is 24.3 Å². The first kappa shape index (κ1) is 19.6. The van der Waals surface area contributed by atoms with E-state index >= 15 is 0 Å². The Kier molecular flexibility index (Phi) is 5.41. The Morgan fingerprint density at radius 2 is 1.56 bits per heavy atom. The zero-order valence-electron chi connectivity index (χ0n) is 17.3. The Hall–Kier alpha value is -4.32. The maximum atomic E-state index is 12.8. The first-order chi connectivity index (χ1) is 15.8. The molecule has 5 aromatic rings. The molecule has 1 N–H and O–H groups in total. The molecule has 0 radical (unpaired) electrons. The van der Waals surface area contributed by atoms with Crippen LogP contribution in [-0.4, -0.2) is 32.0 Å². The van der Waals surface area contributed by atoms with Crippen LogP contribution in [0.2, 0.25) is 0 Å². The van der Waals surface area contributed by atoms with Crippen LogP contribution in [0.25, 0.3) is 28.2 Å². The average Bonchev–Trinajstić information content (AvgIpc) is 3.30. The van der Waals surface area contributed by atoms with Gasteiger partial charge in [0.15, 0.2) is 11.3 Å². The van der Waals surface area contributed by atoms with Gasteiger partial charge in [0.05, 0.1) is 11.4 Å². The molecule has 0 atom stereocenters. The zero-order chi connectivity index (χ0) is 21.8. The zero-order valence-corrected chi connectivity index (χ0v) is 17.3. The van der Waals surface area contributed by atoms with E-state index in [4.69, 9.17) is 4.98 Å². The molecule has 0 saturated carbocycles. The summed E-state index contributed by atoms with van der Waals surface area (Å²) in [6.45, 7) is 0.484. The molecule has 0 saturated heterocycles. The van der Waals surface area contributed by atoms with Gasteiger partial charge >= 0.3 is 0 Å². The number of nitrogens with one attached hydrogen (secondary N) is 1. The maximum absolute atomic E-state index is 12.8. The first-order valence-corrected chi connectivity index (χ1v) is 10.5. The minimum atomic E-state index is -0.230. The molecule has 6 heteroatoms. The summed E-state index contributed by atoms with van der Waals surface area (Å²) in [5.74, 6) is -0.230. The van der Waals surface area contributed by atoms with Gasteiger partial charge in [-0.1, -0.05) is 66.7 Å². The summed E-state index contributed by atoms with van der Waals surface area (Å²) in [5.41, 5.74) is 5.61. The Morgan fingerprint density at radius 1 is 0.844 bits per heavy atom. The van der Waals surface area contributed by atoms with E-state index in [1.807, 2.05) is 84.9 Å². The van der Waals surface area contributed by atoms with Gasteiger partial charge in [0.25, 0.3) is 5.91 Å². The largest absolute Gasteiger partial charge is 0.350 e. The van der Waals surface area contributed by atoms with Crippen LogP contribution in [-0.2, 0) is 6.42 Å². The molecule has 0 aliphatic rings. The minimum Gasteiger partial charge on any atom is -0.350 e. The third kappa shape index (κ3) is 4.11. The van der Waals surface area contributed by atoms with Crippen LogP contribution >= 0.6 is 0 Å². The molecule has 0 aliphatic heterocycles. The highest BCUT2D eigenvalue weighted by Gasteiger charge is 2.16. The van der Waals surface area contributed by atoms with Crippen molar-refractivity contribution in [2.75, 3.05) is 6.54 Å². The van der Waals surface area contributed by atoms with Crippen molar-refractivity contribution >= 4 is 11.6 Å². The van der Waals surface area contributed by atoms with Crippen LogP contribution in [0.1, 0.15) is 16.2 Å². The molecule has 32 heavy (non-hydrogen) atoms. The maximum Gasteiger partial charge on any atom is 0.271 e. The lowest BCUT2D eigenvalue weighted by Gasteiger charge is -2.08. The van der Waals surface area contributed by atoms with Crippen molar-refractivity contribution in [2.45, 2.75) is 6.42 Å². The van der Waals surface area contributed by atoms with Crippen molar-refractivity contribution in [3.05, 3.63) is 109 Å². The fourth-order valence-electron chi connectivity index (χ4n) is 3.60. The van der Waals surface area contributed by atoms with Crippen LogP contribution in [0.3, 0.4) is 0 Å². The Morgan fingerprint density at radius 3 is 2.28 bits per heavy atom. The molecule has 3 heterocycles. The number of hydrogen-bond donors (Lipinski definition) is 1. The van der Waals surface area contributed by atoms with Gasteiger partial charge in [-0.05, 0) is 18.2 Å². The number of pyridine rings is 1. The predicted octanol–water partition coefficient (Wildman–Crippen LogP) is 4.43. The lowest BCUT2D eigenvalue weighted by Crippen LogP contribution is -2.26. The topological polar surface area (TPSA) is 72.2 Å². The van der Waals surface area contributed by atoms with E-state index in [-0.39, 0.29) is 5.91 Å². The third-order valence-corrected chi connectivity index (χ3v) is 5.19. The molecule has 1 amide bonds. The fourth-order valence-corrected chi connectivity index (χ4v) is 3.60. The van der Waals surface area contributed by atoms with E-state index in [1.165, 1.54) is 0 Å². The fraction of sp³-hybridized carbons (Fsp3) is 0.0769. The van der Waals surface area contributed by atoms with Gasteiger partial charge in [0.2, 0.25) is 0 Å². The summed E-state index contributed by atoms with van der Waals surface area (Å²) < 4.78 is 1.73. The quantitative estimate of drug-likeness (QED) is 0.442. The van der Waals surface area contributed by atoms with E-state index in [0.717, 1.165) is 28.2 Å². The van der Waals surface area contributed by atoms with Gasteiger partial charge in [-0.3, -0.25) is 9.78 Å². The lowest BCUT2D eigenvalue weighted by molar-refractivity contribution is 0.0949. The SMILES string of the molecule is O=C(NCCc1ccccn1)c1cc2nc(-c3ccccc3)cc(-c3ccccc3)n2n1. The smallest absolute Gasteiger partial charge is 0.271 e. The number of carbonyl (C=O) groups excluding carboxylic acids is 1.